The molecule has 0 aliphatic carbocycles. The van der Waals surface area contributed by atoms with Gasteiger partial charge in [-0.05, 0) is 43.4 Å². The Bertz CT molecular complexity index is 1120. The number of benzene rings is 1. The van der Waals surface area contributed by atoms with E-state index >= 15 is 0 Å². The minimum Gasteiger partial charge on any atom is -0.548 e. The molecule has 1 aliphatic rings. The zero-order chi connectivity index (χ0) is 35.6. The number of hydrogen-bond donors (Lipinski definition) is 4. The fourth-order valence-corrected chi connectivity index (χ4v) is 5.83. The number of aliphatic hydroxyl groups is 3. The number of aliphatic carboxylic acids is 4. The number of rotatable bonds is 19. The molecule has 2 rings (SSSR count). The lowest BCUT2D eigenvalue weighted by Gasteiger charge is -2.41. The van der Waals surface area contributed by atoms with Gasteiger partial charge in [-0.25, -0.2) is 0 Å². The highest BCUT2D eigenvalue weighted by atomic mass is 16.5. The first-order valence-electron chi connectivity index (χ1n) is 16.3. The van der Waals surface area contributed by atoms with Crippen LogP contribution in [-0.2, 0) is 25.6 Å². The summed E-state index contributed by atoms with van der Waals surface area (Å²) >= 11 is 0. The van der Waals surface area contributed by atoms with Crippen molar-refractivity contribution in [2.24, 2.45) is 0 Å². The number of aliphatic hydroxyl groups excluding tert-OH is 3. The van der Waals surface area contributed by atoms with E-state index < -0.39 is 67.9 Å². The van der Waals surface area contributed by atoms with Gasteiger partial charge in [-0.15, -0.1) is 0 Å². The van der Waals surface area contributed by atoms with Crippen molar-refractivity contribution in [3.63, 3.8) is 0 Å². The zero-order valence-corrected chi connectivity index (χ0v) is 27.5. The summed E-state index contributed by atoms with van der Waals surface area (Å²) in [5.41, 5.74) is 0.959. The molecular formula is C32H49N4O12-3. The molecule has 0 radical (unpaired) electrons. The third kappa shape index (κ3) is 12.9. The molecule has 1 saturated heterocycles. The normalized spacial score (nSPS) is 18.9. The van der Waals surface area contributed by atoms with Gasteiger partial charge in [-0.2, -0.15) is 0 Å². The van der Waals surface area contributed by atoms with Crippen molar-refractivity contribution in [1.82, 2.24) is 19.6 Å². The average Bonchev–Trinajstić information content (AvgIpc) is 3.03. The van der Waals surface area contributed by atoms with Crippen molar-refractivity contribution in [1.29, 1.82) is 0 Å². The predicted molar refractivity (Wildman–Crippen MR) is 165 cm³/mol. The number of ether oxygens (including phenoxy) is 1. The molecule has 1 fully saturated rings. The molecule has 16 heteroatoms. The van der Waals surface area contributed by atoms with Crippen LogP contribution < -0.4 is 20.1 Å². The lowest BCUT2D eigenvalue weighted by atomic mass is 10.0. The van der Waals surface area contributed by atoms with Gasteiger partial charge in [0.2, 0.25) is 0 Å². The number of carbonyl (C=O) groups excluding carboxylic acids is 3. The summed E-state index contributed by atoms with van der Waals surface area (Å²) in [6.45, 7) is -0.583. The summed E-state index contributed by atoms with van der Waals surface area (Å²) in [7, 11) is 0. The smallest absolute Gasteiger partial charge is 0.320 e. The van der Waals surface area contributed by atoms with E-state index in [4.69, 9.17) is 4.74 Å². The van der Waals surface area contributed by atoms with Crippen LogP contribution in [-0.4, -0.2) is 167 Å². The van der Waals surface area contributed by atoms with Crippen molar-refractivity contribution in [3.8, 4) is 5.75 Å². The second-order valence-electron chi connectivity index (χ2n) is 11.8. The Morgan fingerprint density at radius 3 is 1.48 bits per heavy atom. The third-order valence-corrected chi connectivity index (χ3v) is 8.69. The van der Waals surface area contributed by atoms with Crippen LogP contribution in [0.2, 0.25) is 0 Å². The van der Waals surface area contributed by atoms with Crippen LogP contribution in [0.4, 0.5) is 0 Å². The van der Waals surface area contributed by atoms with Crippen LogP contribution in [0, 0.1) is 0 Å². The second-order valence-corrected chi connectivity index (χ2v) is 11.8. The Morgan fingerprint density at radius 1 is 0.708 bits per heavy atom. The van der Waals surface area contributed by atoms with Gasteiger partial charge in [-0.3, -0.25) is 24.4 Å². The third-order valence-electron chi connectivity index (χ3n) is 8.69. The molecule has 4 N–H and O–H groups in total. The number of unbranched alkanes of at least 4 members (excludes halogenated alkanes) is 1. The summed E-state index contributed by atoms with van der Waals surface area (Å²) in [5.74, 6) is -5.18. The lowest BCUT2D eigenvalue weighted by molar-refractivity contribution is -0.315. The van der Waals surface area contributed by atoms with Crippen molar-refractivity contribution < 1.29 is 59.7 Å². The maximum atomic E-state index is 12.6. The number of hydrogen-bond acceptors (Lipinski definition) is 15. The van der Waals surface area contributed by atoms with Crippen LogP contribution in [0.15, 0.2) is 24.3 Å². The van der Waals surface area contributed by atoms with E-state index in [2.05, 4.69) is 6.92 Å². The van der Waals surface area contributed by atoms with E-state index in [0.29, 0.717) is 19.4 Å². The highest BCUT2D eigenvalue weighted by Crippen LogP contribution is 2.18. The Hall–Kier alpha value is -3.38. The van der Waals surface area contributed by atoms with E-state index in [1.54, 1.807) is 4.90 Å². The first kappa shape index (κ1) is 40.8. The van der Waals surface area contributed by atoms with Crippen LogP contribution in [0.1, 0.15) is 38.2 Å². The van der Waals surface area contributed by atoms with Crippen LogP contribution in [0.5, 0.6) is 5.75 Å². The highest BCUT2D eigenvalue weighted by Gasteiger charge is 2.31. The first-order chi connectivity index (χ1) is 23.0. The van der Waals surface area contributed by atoms with Crippen molar-refractivity contribution >= 4 is 23.9 Å². The Labute approximate surface area is 280 Å². The maximum Gasteiger partial charge on any atom is 0.320 e. The van der Waals surface area contributed by atoms with E-state index in [0.717, 1.165) is 24.2 Å². The van der Waals surface area contributed by atoms with E-state index in [1.165, 1.54) is 14.7 Å². The molecule has 272 valence electrons. The van der Waals surface area contributed by atoms with Crippen LogP contribution >= 0.6 is 0 Å². The summed E-state index contributed by atoms with van der Waals surface area (Å²) in [5, 5.41) is 75.4. The Balaban J connectivity index is 2.36. The summed E-state index contributed by atoms with van der Waals surface area (Å²) in [4.78, 5) is 53.8. The Kier molecular flexibility index (Phi) is 18.3. The van der Waals surface area contributed by atoms with E-state index in [-0.39, 0.29) is 58.8 Å². The standard InChI is InChI=1S/C32H52N4O12/c1-2-3-18-48-24-8-4-6-23(19-24)7-5-9-25(29(40)41)33-10-12-34(26(20-37)30(42)43)14-16-36(28(22-39)32(46)47)17-15-35(13-11-33)27(21-38)31(44)45/h4,6,8,19,25-28,37-39H,2-3,5,7,9-18,20-22H2,1H3,(H,40,41)(H,42,43)(H,44,45)(H,46,47)/p-3/t25-,26-,27-,28-/m0/s1. The molecule has 0 bridgehead atoms. The number of nitrogens with zero attached hydrogens (tertiary/aromatic N) is 4. The van der Waals surface area contributed by atoms with Gasteiger partial charge in [0, 0.05) is 52.4 Å². The SMILES string of the molecule is CCCCOc1cccc(CCC[C@@H](C(=O)O)N2CCN([C@@H](CO)C(=O)[O-])CCN([C@@H](CO)C(=O)[O-])CCN([C@@H](CO)C(=O)[O-])CC2)c1. The monoisotopic (exact) mass is 681 g/mol. The second kappa shape index (κ2) is 21.6. The predicted octanol–water partition coefficient (Wildman–Crippen LogP) is -4.80. The Morgan fingerprint density at radius 2 is 1.12 bits per heavy atom. The van der Waals surface area contributed by atoms with Gasteiger partial charge in [-0.1, -0.05) is 25.5 Å². The number of carboxylic acid groups (broad SMARTS) is 4. The van der Waals surface area contributed by atoms with E-state index in [9.17, 15) is 54.9 Å². The van der Waals surface area contributed by atoms with E-state index in [1.807, 2.05) is 24.3 Å². The quantitative estimate of drug-likeness (QED) is 0.100. The molecule has 0 amide bonds. The molecule has 16 nitrogen and oxygen atoms in total. The van der Waals surface area contributed by atoms with Gasteiger partial charge < -0.3 is 54.9 Å². The molecule has 0 saturated carbocycles. The first-order valence-corrected chi connectivity index (χ1v) is 16.3. The molecule has 1 aromatic carbocycles. The average molecular weight is 682 g/mol. The van der Waals surface area contributed by atoms with Gasteiger partial charge in [0.1, 0.15) is 11.8 Å². The van der Waals surface area contributed by atoms with Crippen molar-refractivity contribution in [2.45, 2.75) is 63.2 Å². The largest absolute Gasteiger partial charge is 0.548 e. The summed E-state index contributed by atoms with van der Waals surface area (Å²) in [6.07, 6.45) is 3.13. The van der Waals surface area contributed by atoms with Crippen LogP contribution in [0.3, 0.4) is 0 Å². The molecule has 1 heterocycles. The number of carboxylic acids is 4. The molecular weight excluding hydrogens is 632 g/mol. The molecule has 48 heavy (non-hydrogen) atoms. The van der Waals surface area contributed by atoms with Crippen molar-refractivity contribution in [2.75, 3.05) is 78.8 Å². The number of aryl methyl sites for hydroxylation is 1. The van der Waals surface area contributed by atoms with Gasteiger partial charge in [0.15, 0.2) is 0 Å². The summed E-state index contributed by atoms with van der Waals surface area (Å²) < 4.78 is 5.78. The molecule has 1 aromatic rings. The maximum absolute atomic E-state index is 12.6. The van der Waals surface area contributed by atoms with Gasteiger partial charge in [0.05, 0.1) is 62.5 Å². The number of carbonyl (C=O) groups is 4. The zero-order valence-electron chi connectivity index (χ0n) is 27.5. The molecule has 4 atom stereocenters. The topological polar surface area (TPSA) is 241 Å². The molecule has 0 unspecified atom stereocenters. The fraction of sp³-hybridized carbons (Fsp3) is 0.688. The summed E-state index contributed by atoms with van der Waals surface area (Å²) in [6, 6.07) is 2.00. The minimum absolute atomic E-state index is 0.0195. The van der Waals surface area contributed by atoms with Gasteiger partial charge in [0.25, 0.3) is 0 Å². The molecule has 0 aromatic heterocycles. The van der Waals surface area contributed by atoms with Crippen molar-refractivity contribution in [3.05, 3.63) is 29.8 Å². The lowest BCUT2D eigenvalue weighted by Crippen LogP contribution is -2.60. The highest BCUT2D eigenvalue weighted by molar-refractivity contribution is 5.74. The minimum atomic E-state index is -1.61. The fourth-order valence-electron chi connectivity index (χ4n) is 5.83. The van der Waals surface area contributed by atoms with Gasteiger partial charge >= 0.3 is 5.97 Å². The molecule has 1 aliphatic heterocycles. The van der Waals surface area contributed by atoms with Crippen LogP contribution in [0.25, 0.3) is 0 Å². The molecule has 0 spiro atoms.